The maximum atomic E-state index is 13.2. The first kappa shape index (κ1) is 15.0. The van der Waals surface area contributed by atoms with Gasteiger partial charge in [0.2, 0.25) is 5.91 Å². The Labute approximate surface area is 142 Å². The minimum Gasteiger partial charge on any atom is -0.333 e. The lowest BCUT2D eigenvalue weighted by atomic mass is 9.86. The number of nitriles is 1. The van der Waals surface area contributed by atoms with E-state index < -0.39 is 5.41 Å². The Kier molecular flexibility index (Phi) is 3.61. The lowest BCUT2D eigenvalue weighted by Crippen LogP contribution is -2.41. The Bertz CT molecular complexity index is 780. The van der Waals surface area contributed by atoms with Crippen molar-refractivity contribution in [1.29, 1.82) is 5.26 Å². The highest BCUT2D eigenvalue weighted by molar-refractivity contribution is 5.87. The van der Waals surface area contributed by atoms with Crippen LogP contribution in [0.15, 0.2) is 48.5 Å². The number of hydrogen-bond acceptors (Lipinski definition) is 2. The van der Waals surface area contributed by atoms with Crippen molar-refractivity contribution in [2.24, 2.45) is 5.41 Å². The van der Waals surface area contributed by atoms with Crippen molar-refractivity contribution < 1.29 is 4.79 Å². The van der Waals surface area contributed by atoms with Gasteiger partial charge in [0, 0.05) is 13.1 Å². The van der Waals surface area contributed by atoms with Gasteiger partial charge in [-0.2, -0.15) is 5.26 Å². The molecular formula is C21H20N2O. The fraction of sp³-hybridized carbons (Fsp3) is 0.333. The summed E-state index contributed by atoms with van der Waals surface area (Å²) in [6.07, 6.45) is 3.34. The van der Waals surface area contributed by atoms with E-state index in [-0.39, 0.29) is 5.91 Å². The van der Waals surface area contributed by atoms with Crippen LogP contribution in [-0.4, -0.2) is 10.8 Å². The maximum Gasteiger partial charge on any atom is 0.243 e. The maximum absolute atomic E-state index is 13.2. The van der Waals surface area contributed by atoms with Gasteiger partial charge in [-0.1, -0.05) is 61.4 Å². The van der Waals surface area contributed by atoms with E-state index in [4.69, 9.17) is 0 Å². The number of rotatable bonds is 1. The van der Waals surface area contributed by atoms with Gasteiger partial charge in [-0.15, -0.1) is 0 Å². The van der Waals surface area contributed by atoms with Crippen LogP contribution in [0.5, 0.6) is 0 Å². The van der Waals surface area contributed by atoms with E-state index in [0.717, 1.165) is 24.0 Å². The molecule has 1 heterocycles. The average Bonchev–Trinajstić information content (AvgIpc) is 3.05. The molecule has 24 heavy (non-hydrogen) atoms. The van der Waals surface area contributed by atoms with Gasteiger partial charge in [0.1, 0.15) is 5.41 Å². The Morgan fingerprint density at radius 1 is 0.917 bits per heavy atom. The van der Waals surface area contributed by atoms with Gasteiger partial charge >= 0.3 is 0 Å². The molecule has 2 aliphatic rings. The van der Waals surface area contributed by atoms with Gasteiger partial charge in [0.15, 0.2) is 0 Å². The normalized spacial score (nSPS) is 18.2. The van der Waals surface area contributed by atoms with E-state index in [1.807, 2.05) is 29.2 Å². The molecular weight excluding hydrogens is 296 g/mol. The largest absolute Gasteiger partial charge is 0.333 e. The molecule has 1 amide bonds. The standard InChI is InChI=1S/C21H20N2O/c22-15-21(11-5-6-12-21)20(24)23-13-16-7-1-3-9-18(16)19-10-4-2-8-17(19)14-23/h1-4,7-10H,5-6,11-14H2. The summed E-state index contributed by atoms with van der Waals surface area (Å²) >= 11 is 0. The van der Waals surface area contributed by atoms with Crippen molar-refractivity contribution in [2.45, 2.75) is 38.8 Å². The predicted octanol–water partition coefficient (Wildman–Crippen LogP) is 4.28. The minimum atomic E-state index is -0.811. The fourth-order valence-electron chi connectivity index (χ4n) is 4.11. The second-order valence-corrected chi connectivity index (χ2v) is 6.88. The summed E-state index contributed by atoms with van der Waals surface area (Å²) in [4.78, 5) is 15.1. The Morgan fingerprint density at radius 3 is 1.92 bits per heavy atom. The van der Waals surface area contributed by atoms with E-state index in [2.05, 4.69) is 30.3 Å². The number of carbonyl (C=O) groups is 1. The molecule has 0 bridgehead atoms. The summed E-state index contributed by atoms with van der Waals surface area (Å²) in [5.74, 6) is 0.00834. The van der Waals surface area contributed by atoms with Crippen LogP contribution >= 0.6 is 0 Å². The molecule has 0 atom stereocenters. The Hall–Kier alpha value is -2.60. The first-order valence-corrected chi connectivity index (χ1v) is 8.60. The number of hydrogen-bond donors (Lipinski definition) is 0. The fourth-order valence-corrected chi connectivity index (χ4v) is 4.11. The molecule has 1 saturated carbocycles. The minimum absolute atomic E-state index is 0.00834. The third-order valence-electron chi connectivity index (χ3n) is 5.42. The molecule has 4 rings (SSSR count). The van der Waals surface area contributed by atoms with Gasteiger partial charge in [-0.05, 0) is 35.1 Å². The highest BCUT2D eigenvalue weighted by atomic mass is 16.2. The van der Waals surface area contributed by atoms with Gasteiger partial charge in [-0.25, -0.2) is 0 Å². The summed E-state index contributed by atoms with van der Waals surface area (Å²) in [5, 5.41) is 9.68. The van der Waals surface area contributed by atoms with Crippen molar-refractivity contribution in [3.8, 4) is 17.2 Å². The number of fused-ring (bicyclic) bond motifs is 3. The van der Waals surface area contributed by atoms with Crippen molar-refractivity contribution in [2.75, 3.05) is 0 Å². The molecule has 1 aliphatic heterocycles. The van der Waals surface area contributed by atoms with Crippen LogP contribution in [0.2, 0.25) is 0 Å². The molecule has 3 heteroatoms. The van der Waals surface area contributed by atoms with E-state index in [1.54, 1.807) is 0 Å². The van der Waals surface area contributed by atoms with Crippen LogP contribution < -0.4 is 0 Å². The van der Waals surface area contributed by atoms with Crippen LogP contribution in [-0.2, 0) is 17.9 Å². The molecule has 0 unspecified atom stereocenters. The summed E-state index contributed by atoms with van der Waals surface area (Å²) in [6, 6.07) is 18.9. The van der Waals surface area contributed by atoms with Crippen LogP contribution in [0.3, 0.4) is 0 Å². The lowest BCUT2D eigenvalue weighted by Gasteiger charge is -2.29. The van der Waals surface area contributed by atoms with Crippen LogP contribution in [0.25, 0.3) is 11.1 Å². The molecule has 1 fully saturated rings. The van der Waals surface area contributed by atoms with Crippen molar-refractivity contribution in [1.82, 2.24) is 4.90 Å². The Morgan fingerprint density at radius 2 is 1.42 bits per heavy atom. The van der Waals surface area contributed by atoms with Crippen molar-refractivity contribution in [3.63, 3.8) is 0 Å². The molecule has 2 aromatic rings. The second-order valence-electron chi connectivity index (χ2n) is 6.88. The van der Waals surface area contributed by atoms with Crippen molar-refractivity contribution >= 4 is 5.91 Å². The molecule has 0 radical (unpaired) electrons. The van der Waals surface area contributed by atoms with Gasteiger partial charge in [0.25, 0.3) is 0 Å². The highest BCUT2D eigenvalue weighted by Crippen LogP contribution is 2.41. The smallest absolute Gasteiger partial charge is 0.243 e. The molecule has 1 aliphatic carbocycles. The van der Waals surface area contributed by atoms with E-state index in [9.17, 15) is 10.1 Å². The summed E-state index contributed by atoms with van der Waals surface area (Å²) in [5.41, 5.74) is 3.89. The second kappa shape index (κ2) is 5.79. The summed E-state index contributed by atoms with van der Waals surface area (Å²) in [6.45, 7) is 1.15. The monoisotopic (exact) mass is 316 g/mol. The Balaban J connectivity index is 1.78. The summed E-state index contributed by atoms with van der Waals surface area (Å²) in [7, 11) is 0. The zero-order valence-electron chi connectivity index (χ0n) is 13.7. The van der Waals surface area contributed by atoms with Gasteiger partial charge < -0.3 is 4.90 Å². The summed E-state index contributed by atoms with van der Waals surface area (Å²) < 4.78 is 0. The van der Waals surface area contributed by atoms with Gasteiger partial charge in [-0.3, -0.25) is 4.79 Å². The molecule has 3 nitrogen and oxygen atoms in total. The number of nitrogens with zero attached hydrogens (tertiary/aromatic N) is 2. The average molecular weight is 316 g/mol. The third kappa shape index (κ3) is 2.30. The molecule has 0 spiro atoms. The van der Waals surface area contributed by atoms with E-state index in [0.29, 0.717) is 25.9 Å². The lowest BCUT2D eigenvalue weighted by molar-refractivity contribution is -0.140. The predicted molar refractivity (Wildman–Crippen MR) is 92.6 cm³/mol. The molecule has 120 valence electrons. The molecule has 0 saturated heterocycles. The molecule has 2 aromatic carbocycles. The van der Waals surface area contributed by atoms with Crippen LogP contribution in [0, 0.1) is 16.7 Å². The number of amides is 1. The first-order valence-electron chi connectivity index (χ1n) is 8.60. The molecule has 0 aromatic heterocycles. The van der Waals surface area contributed by atoms with Crippen LogP contribution in [0.1, 0.15) is 36.8 Å². The first-order chi connectivity index (χ1) is 11.7. The third-order valence-corrected chi connectivity index (χ3v) is 5.42. The van der Waals surface area contributed by atoms with Crippen LogP contribution in [0.4, 0.5) is 0 Å². The van der Waals surface area contributed by atoms with Gasteiger partial charge in [0.05, 0.1) is 6.07 Å². The zero-order chi connectivity index (χ0) is 16.6. The van der Waals surface area contributed by atoms with E-state index in [1.165, 1.54) is 11.1 Å². The SMILES string of the molecule is N#CC1(C(=O)N2Cc3ccccc3-c3ccccc3C2)CCCC1. The zero-order valence-corrected chi connectivity index (χ0v) is 13.7. The number of benzene rings is 2. The quantitative estimate of drug-likeness (QED) is 0.788. The van der Waals surface area contributed by atoms with E-state index >= 15 is 0 Å². The highest BCUT2D eigenvalue weighted by Gasteiger charge is 2.44. The number of carbonyl (C=O) groups excluding carboxylic acids is 1. The molecule has 0 N–H and O–H groups in total. The topological polar surface area (TPSA) is 44.1 Å². The van der Waals surface area contributed by atoms with Crippen molar-refractivity contribution in [3.05, 3.63) is 59.7 Å².